The maximum absolute atomic E-state index is 5.49. The lowest BCUT2D eigenvalue weighted by atomic mass is 9.91. The molecule has 0 aromatic heterocycles. The molecule has 0 amide bonds. The molecular formula is C26H34N2O4S2. The molecular weight excluding hydrogens is 468 g/mol. The molecule has 0 saturated heterocycles. The highest BCUT2D eigenvalue weighted by Crippen LogP contribution is 2.35. The van der Waals surface area contributed by atoms with Gasteiger partial charge in [0.1, 0.15) is 0 Å². The third-order valence-corrected chi connectivity index (χ3v) is 7.56. The lowest BCUT2D eigenvalue weighted by Crippen LogP contribution is -2.27. The van der Waals surface area contributed by atoms with E-state index in [1.807, 2.05) is 36.7 Å². The van der Waals surface area contributed by atoms with Crippen molar-refractivity contribution in [2.45, 2.75) is 47.6 Å². The van der Waals surface area contributed by atoms with Gasteiger partial charge < -0.3 is 18.9 Å². The Hall–Kier alpha value is -2.32. The first-order chi connectivity index (χ1) is 16.6. The highest BCUT2D eigenvalue weighted by Gasteiger charge is 2.23. The van der Waals surface area contributed by atoms with E-state index in [9.17, 15) is 0 Å². The topological polar surface area (TPSA) is 61.6 Å². The van der Waals surface area contributed by atoms with Gasteiger partial charge in [-0.2, -0.15) is 0 Å². The quantitative estimate of drug-likeness (QED) is 0.293. The van der Waals surface area contributed by atoms with Crippen LogP contribution < -0.4 is 18.9 Å². The average molecular weight is 503 g/mol. The van der Waals surface area contributed by atoms with E-state index in [-0.39, 0.29) is 12.1 Å². The molecule has 0 heterocycles. The van der Waals surface area contributed by atoms with Crippen molar-refractivity contribution in [3.63, 3.8) is 0 Å². The van der Waals surface area contributed by atoms with Crippen molar-refractivity contribution in [3.8, 4) is 23.0 Å². The number of ether oxygens (including phenoxy) is 4. The smallest absolute Gasteiger partial charge is 0.161 e. The van der Waals surface area contributed by atoms with E-state index in [2.05, 4.69) is 12.5 Å². The molecule has 2 aromatic rings. The molecule has 2 unspecified atom stereocenters. The Morgan fingerprint density at radius 2 is 1.00 bits per heavy atom. The maximum atomic E-state index is 5.49. The van der Waals surface area contributed by atoms with Gasteiger partial charge in [-0.25, -0.2) is 0 Å². The van der Waals surface area contributed by atoms with Crippen LogP contribution >= 0.6 is 23.5 Å². The molecule has 1 fully saturated rings. The van der Waals surface area contributed by atoms with Gasteiger partial charge in [0.15, 0.2) is 23.0 Å². The third-order valence-electron chi connectivity index (χ3n) is 5.98. The van der Waals surface area contributed by atoms with E-state index in [0.29, 0.717) is 11.5 Å². The van der Waals surface area contributed by atoms with Crippen molar-refractivity contribution < 1.29 is 18.9 Å². The number of aliphatic imine (C=N–C) groups is 2. The van der Waals surface area contributed by atoms with E-state index in [1.165, 1.54) is 12.8 Å². The van der Waals surface area contributed by atoms with Crippen LogP contribution in [0.1, 0.15) is 36.8 Å². The van der Waals surface area contributed by atoms with Crippen LogP contribution in [0.5, 0.6) is 23.0 Å². The van der Waals surface area contributed by atoms with Gasteiger partial charge >= 0.3 is 0 Å². The lowest BCUT2D eigenvalue weighted by Gasteiger charge is -2.25. The van der Waals surface area contributed by atoms with Crippen molar-refractivity contribution in [2.24, 2.45) is 9.98 Å². The highest BCUT2D eigenvalue weighted by atomic mass is 32.2. The van der Waals surface area contributed by atoms with E-state index in [1.54, 1.807) is 52.0 Å². The van der Waals surface area contributed by atoms with Crippen LogP contribution in [0.3, 0.4) is 0 Å². The normalized spacial score (nSPS) is 18.4. The first-order valence-electron chi connectivity index (χ1n) is 11.2. The van der Waals surface area contributed by atoms with Crippen LogP contribution in [0.25, 0.3) is 0 Å². The fraction of sp³-hybridized carbons (Fsp3) is 0.462. The van der Waals surface area contributed by atoms with Gasteiger partial charge in [-0.15, -0.1) is 23.5 Å². The largest absolute Gasteiger partial charge is 0.493 e. The fourth-order valence-corrected chi connectivity index (χ4v) is 5.24. The molecule has 184 valence electrons. The van der Waals surface area contributed by atoms with Crippen LogP contribution in [0.15, 0.2) is 44.0 Å². The molecule has 0 N–H and O–H groups in total. The van der Waals surface area contributed by atoms with Crippen molar-refractivity contribution in [1.82, 2.24) is 0 Å². The minimum absolute atomic E-state index is 0.144. The molecule has 3 rings (SSSR count). The second kappa shape index (κ2) is 13.0. The zero-order valence-electron chi connectivity index (χ0n) is 20.8. The van der Waals surface area contributed by atoms with Gasteiger partial charge in [0.25, 0.3) is 0 Å². The first kappa shape index (κ1) is 26.3. The molecule has 0 radical (unpaired) electrons. The van der Waals surface area contributed by atoms with E-state index < -0.39 is 0 Å². The summed E-state index contributed by atoms with van der Waals surface area (Å²) in [6.45, 7) is 0. The van der Waals surface area contributed by atoms with Gasteiger partial charge in [-0.3, -0.25) is 9.98 Å². The van der Waals surface area contributed by atoms with Crippen LogP contribution in [-0.4, -0.2) is 65.5 Å². The van der Waals surface area contributed by atoms with Gasteiger partial charge in [-0.05, 0) is 49.6 Å². The summed E-state index contributed by atoms with van der Waals surface area (Å²) in [5.74, 6) is 2.86. The minimum Gasteiger partial charge on any atom is -0.493 e. The van der Waals surface area contributed by atoms with E-state index >= 15 is 0 Å². The SMILES string of the molecule is COc1cc(/C=N/C2CCCCC2/N=C/c2cc(OC)c(OC)cc2SC)c(SC)cc1OC. The van der Waals surface area contributed by atoms with Crippen LogP contribution in [0, 0.1) is 0 Å². The number of methoxy groups -OCH3 is 4. The Morgan fingerprint density at radius 3 is 1.32 bits per heavy atom. The minimum atomic E-state index is 0.144. The molecule has 1 aliphatic carbocycles. The van der Waals surface area contributed by atoms with E-state index in [4.69, 9.17) is 28.9 Å². The molecule has 0 bridgehead atoms. The summed E-state index contributed by atoms with van der Waals surface area (Å²) in [4.78, 5) is 12.2. The predicted molar refractivity (Wildman–Crippen MR) is 144 cm³/mol. The molecule has 0 spiro atoms. The van der Waals surface area contributed by atoms with E-state index in [0.717, 1.165) is 45.3 Å². The summed E-state index contributed by atoms with van der Waals surface area (Å²) < 4.78 is 21.9. The summed E-state index contributed by atoms with van der Waals surface area (Å²) in [6, 6.07) is 8.27. The first-order valence-corrected chi connectivity index (χ1v) is 13.7. The Morgan fingerprint density at radius 1 is 0.647 bits per heavy atom. The molecule has 6 nitrogen and oxygen atoms in total. The van der Waals surface area contributed by atoms with Gasteiger partial charge in [0, 0.05) is 33.3 Å². The molecule has 1 aliphatic rings. The summed E-state index contributed by atoms with van der Waals surface area (Å²) in [5.41, 5.74) is 2.06. The summed E-state index contributed by atoms with van der Waals surface area (Å²) >= 11 is 3.34. The van der Waals surface area contributed by atoms with Crippen LogP contribution in [-0.2, 0) is 0 Å². The third kappa shape index (κ3) is 6.21. The Kier molecular flexibility index (Phi) is 10.0. The Labute approximate surface area is 211 Å². The second-order valence-corrected chi connectivity index (χ2v) is 9.57. The molecule has 34 heavy (non-hydrogen) atoms. The molecule has 1 saturated carbocycles. The predicted octanol–water partition coefficient (Wildman–Crippen LogP) is 6.01. The maximum Gasteiger partial charge on any atom is 0.161 e. The highest BCUT2D eigenvalue weighted by molar-refractivity contribution is 7.99. The number of benzene rings is 2. The van der Waals surface area contributed by atoms with Crippen molar-refractivity contribution in [2.75, 3.05) is 41.0 Å². The lowest BCUT2D eigenvalue weighted by molar-refractivity contribution is 0.354. The zero-order chi connectivity index (χ0) is 24.5. The molecule has 0 aliphatic heterocycles. The van der Waals surface area contributed by atoms with Crippen LogP contribution in [0.4, 0.5) is 0 Å². The van der Waals surface area contributed by atoms with Crippen molar-refractivity contribution >= 4 is 36.0 Å². The number of hydrogen-bond donors (Lipinski definition) is 0. The monoisotopic (exact) mass is 502 g/mol. The molecule has 2 aromatic carbocycles. The Bertz CT molecular complexity index is 945. The molecule has 8 heteroatoms. The number of rotatable bonds is 10. The van der Waals surface area contributed by atoms with Gasteiger partial charge in [0.05, 0.1) is 40.5 Å². The summed E-state index contributed by atoms with van der Waals surface area (Å²) in [5, 5.41) is 0. The van der Waals surface area contributed by atoms with Gasteiger partial charge in [-0.1, -0.05) is 12.8 Å². The average Bonchev–Trinajstić information content (AvgIpc) is 2.89. The zero-order valence-corrected chi connectivity index (χ0v) is 22.4. The second-order valence-electron chi connectivity index (χ2n) is 7.87. The summed E-state index contributed by atoms with van der Waals surface area (Å²) in [7, 11) is 6.61. The number of hydrogen-bond acceptors (Lipinski definition) is 8. The standard InChI is InChI=1S/C26H34N2O4S2/c1-29-21-11-17(25(33-5)13-23(21)31-3)15-27-19-9-7-8-10-20(19)28-16-18-12-22(30-2)24(32-4)14-26(18)34-6/h11-16,19-20H,7-10H2,1-6H3/b27-15+,28-16+. The number of thioether (sulfide) groups is 2. The Balaban J connectivity index is 1.86. The van der Waals surface area contributed by atoms with Crippen molar-refractivity contribution in [1.29, 1.82) is 0 Å². The molecule has 2 atom stereocenters. The fourth-order valence-electron chi connectivity index (χ4n) is 4.10. The van der Waals surface area contributed by atoms with Crippen LogP contribution in [0.2, 0.25) is 0 Å². The number of nitrogens with zero attached hydrogens (tertiary/aromatic N) is 2. The summed E-state index contributed by atoms with van der Waals surface area (Å²) in [6.07, 6.45) is 12.4. The van der Waals surface area contributed by atoms with Crippen molar-refractivity contribution in [3.05, 3.63) is 35.4 Å². The van der Waals surface area contributed by atoms with Gasteiger partial charge in [0.2, 0.25) is 0 Å².